The monoisotopic (exact) mass is 529 g/mol. The molecule has 1 aliphatic heterocycles. The van der Waals surface area contributed by atoms with Crippen LogP contribution in [0.25, 0.3) is 38.3 Å². The average Bonchev–Trinajstić information content (AvgIpc) is 3.35. The van der Waals surface area contributed by atoms with Gasteiger partial charge in [0.15, 0.2) is 0 Å². The van der Waals surface area contributed by atoms with Gasteiger partial charge in [0.2, 0.25) is 0 Å². The van der Waals surface area contributed by atoms with Gasteiger partial charge in [-0.15, -0.1) is 0 Å². The fourth-order valence-electron chi connectivity index (χ4n) is 7.15. The van der Waals surface area contributed by atoms with Crippen molar-refractivity contribution in [3.63, 3.8) is 0 Å². The van der Waals surface area contributed by atoms with Crippen molar-refractivity contribution in [3.8, 4) is 5.69 Å². The largest absolute Gasteiger partial charge is 0.495 e. The fraction of sp³-hybridized carbons (Fsp3) is 0.389. The minimum absolute atomic E-state index is 0.113. The molecule has 0 spiro atoms. The number of hydrogen-bond donors (Lipinski definition) is 0. The summed E-state index contributed by atoms with van der Waals surface area (Å²) in [5, 5.41) is 5.11. The molecule has 3 nitrogen and oxygen atoms in total. The number of fused-ring (bicyclic) bond motifs is 6. The van der Waals surface area contributed by atoms with Gasteiger partial charge in [-0.05, 0) is 91.5 Å². The highest BCUT2D eigenvalue weighted by atomic mass is 16.7. The number of nitrogens with zero attached hydrogens (tertiary/aromatic N) is 1. The molecule has 2 aliphatic rings. The maximum Gasteiger partial charge on any atom is 0.495 e. The summed E-state index contributed by atoms with van der Waals surface area (Å²) in [4.78, 5) is 0. The number of rotatable bonds is 2. The van der Waals surface area contributed by atoms with E-state index in [0.29, 0.717) is 0 Å². The van der Waals surface area contributed by atoms with Crippen LogP contribution in [0.4, 0.5) is 0 Å². The third kappa shape index (κ3) is 3.52. The molecular weight excluding hydrogens is 489 g/mol. The van der Waals surface area contributed by atoms with Crippen molar-refractivity contribution in [3.05, 3.63) is 83.9 Å². The number of aromatic nitrogens is 1. The van der Waals surface area contributed by atoms with Gasteiger partial charge in [-0.2, -0.15) is 0 Å². The molecule has 0 saturated carbocycles. The van der Waals surface area contributed by atoms with E-state index in [2.05, 4.69) is 133 Å². The Morgan fingerprint density at radius 2 is 1.20 bits per heavy atom. The van der Waals surface area contributed by atoms with E-state index in [1.54, 1.807) is 0 Å². The predicted octanol–water partition coefficient (Wildman–Crippen LogP) is 8.59. The Morgan fingerprint density at radius 1 is 0.600 bits per heavy atom. The molecule has 1 aliphatic carbocycles. The van der Waals surface area contributed by atoms with Crippen LogP contribution in [0, 0.1) is 0 Å². The van der Waals surface area contributed by atoms with Crippen molar-refractivity contribution < 1.29 is 9.31 Å². The molecular formula is C36H40BNO2. The lowest BCUT2D eigenvalue weighted by Crippen LogP contribution is -2.41. The van der Waals surface area contributed by atoms with E-state index in [9.17, 15) is 0 Å². The third-order valence-electron chi connectivity index (χ3n) is 10.3. The van der Waals surface area contributed by atoms with Gasteiger partial charge in [-0.1, -0.05) is 82.3 Å². The van der Waals surface area contributed by atoms with Crippen LogP contribution in [0.2, 0.25) is 0 Å². The first-order valence-electron chi connectivity index (χ1n) is 14.8. The van der Waals surface area contributed by atoms with Gasteiger partial charge >= 0.3 is 7.12 Å². The topological polar surface area (TPSA) is 23.4 Å². The summed E-state index contributed by atoms with van der Waals surface area (Å²) < 4.78 is 15.5. The van der Waals surface area contributed by atoms with Crippen LogP contribution < -0.4 is 5.46 Å². The van der Waals surface area contributed by atoms with Gasteiger partial charge in [0.05, 0.1) is 27.9 Å². The van der Waals surface area contributed by atoms with Crippen molar-refractivity contribution in [2.24, 2.45) is 0 Å². The van der Waals surface area contributed by atoms with Crippen molar-refractivity contribution >= 4 is 45.2 Å². The first-order valence-corrected chi connectivity index (χ1v) is 14.8. The predicted molar refractivity (Wildman–Crippen MR) is 169 cm³/mol. The fourth-order valence-corrected chi connectivity index (χ4v) is 7.15. The first-order chi connectivity index (χ1) is 18.8. The Labute approximate surface area is 238 Å². The van der Waals surface area contributed by atoms with Crippen LogP contribution in [0.15, 0.2) is 72.8 Å². The summed E-state index contributed by atoms with van der Waals surface area (Å²) >= 11 is 0. The van der Waals surface area contributed by atoms with Crippen LogP contribution in [0.5, 0.6) is 0 Å². The van der Waals surface area contributed by atoms with Gasteiger partial charge in [0, 0.05) is 16.2 Å². The second kappa shape index (κ2) is 8.24. The number of benzene rings is 4. The van der Waals surface area contributed by atoms with E-state index >= 15 is 0 Å². The van der Waals surface area contributed by atoms with Crippen LogP contribution in [0.1, 0.15) is 79.4 Å². The highest BCUT2D eigenvalue weighted by Gasteiger charge is 2.52. The molecule has 4 aromatic carbocycles. The molecule has 0 amide bonds. The van der Waals surface area contributed by atoms with Crippen molar-refractivity contribution in [1.82, 2.24) is 4.57 Å². The zero-order valence-electron chi connectivity index (χ0n) is 25.2. The molecule has 1 fully saturated rings. The SMILES string of the molecule is CC1(C)CCC(C)(C)c2c1ccc1c2c2ccccc2n1-c1ccc(B2OC(C)(C)C(C)(C)O2)c2ccccc12. The van der Waals surface area contributed by atoms with E-state index < -0.39 is 7.12 Å². The molecule has 1 aromatic heterocycles. The molecule has 2 heterocycles. The van der Waals surface area contributed by atoms with Crippen LogP contribution >= 0.6 is 0 Å². The highest BCUT2D eigenvalue weighted by Crippen LogP contribution is 2.51. The molecule has 1 saturated heterocycles. The second-order valence-electron chi connectivity index (χ2n) is 14.3. The van der Waals surface area contributed by atoms with Gasteiger partial charge in [0.25, 0.3) is 0 Å². The number of hydrogen-bond acceptors (Lipinski definition) is 2. The molecule has 4 heteroatoms. The van der Waals surface area contributed by atoms with E-state index in [1.165, 1.54) is 62.2 Å². The molecule has 0 radical (unpaired) electrons. The lowest BCUT2D eigenvalue weighted by atomic mass is 9.62. The van der Waals surface area contributed by atoms with Gasteiger partial charge in [0.1, 0.15) is 0 Å². The number of para-hydroxylation sites is 1. The second-order valence-corrected chi connectivity index (χ2v) is 14.3. The van der Waals surface area contributed by atoms with E-state index in [0.717, 1.165) is 5.46 Å². The minimum atomic E-state index is -0.405. The molecule has 0 atom stereocenters. The van der Waals surface area contributed by atoms with E-state index in [4.69, 9.17) is 9.31 Å². The molecule has 0 unspecified atom stereocenters. The Balaban J connectivity index is 1.53. The Hall–Kier alpha value is -3.08. The third-order valence-corrected chi connectivity index (χ3v) is 10.3. The summed E-state index contributed by atoms with van der Waals surface area (Å²) in [6, 6.07) is 26.9. The summed E-state index contributed by atoms with van der Waals surface area (Å²) in [5.74, 6) is 0. The molecule has 5 aromatic rings. The molecule has 0 N–H and O–H groups in total. The lowest BCUT2D eigenvalue weighted by Gasteiger charge is -2.42. The maximum atomic E-state index is 6.50. The maximum absolute atomic E-state index is 6.50. The average molecular weight is 530 g/mol. The van der Waals surface area contributed by atoms with Crippen LogP contribution in [-0.4, -0.2) is 22.9 Å². The quantitative estimate of drug-likeness (QED) is 0.214. The summed E-state index contributed by atoms with van der Waals surface area (Å²) in [6.45, 7) is 18.2. The highest BCUT2D eigenvalue weighted by molar-refractivity contribution is 6.65. The Bertz CT molecular complexity index is 1810. The zero-order valence-corrected chi connectivity index (χ0v) is 25.2. The molecule has 204 valence electrons. The first kappa shape index (κ1) is 25.9. The summed E-state index contributed by atoms with van der Waals surface area (Å²) in [5.41, 5.74) is 7.33. The van der Waals surface area contributed by atoms with Crippen molar-refractivity contribution in [2.45, 2.75) is 90.3 Å². The van der Waals surface area contributed by atoms with Gasteiger partial charge in [-0.25, -0.2) is 0 Å². The summed E-state index contributed by atoms with van der Waals surface area (Å²) in [6.07, 6.45) is 2.40. The van der Waals surface area contributed by atoms with Crippen molar-refractivity contribution in [1.29, 1.82) is 0 Å². The normalized spacial score (nSPS) is 20.9. The molecule has 7 rings (SSSR count). The van der Waals surface area contributed by atoms with E-state index in [-0.39, 0.29) is 22.0 Å². The van der Waals surface area contributed by atoms with Crippen LogP contribution in [0.3, 0.4) is 0 Å². The zero-order chi connectivity index (χ0) is 28.2. The Morgan fingerprint density at radius 3 is 1.90 bits per heavy atom. The van der Waals surface area contributed by atoms with Crippen LogP contribution in [-0.2, 0) is 20.1 Å². The smallest absolute Gasteiger partial charge is 0.399 e. The van der Waals surface area contributed by atoms with E-state index in [1.807, 2.05) is 0 Å². The van der Waals surface area contributed by atoms with Gasteiger partial charge < -0.3 is 13.9 Å². The lowest BCUT2D eigenvalue weighted by molar-refractivity contribution is 0.00578. The molecule has 40 heavy (non-hydrogen) atoms. The standard InChI is InChI=1S/C36H40BNO2/c1-33(2)21-22-34(3,4)32-26(33)17-19-30-31(32)25-15-11-12-16-28(25)38(30)29-20-18-27(23-13-9-10-14-24(23)29)37-39-35(5,6)36(7,8)40-37/h9-20H,21-22H2,1-8H3. The van der Waals surface area contributed by atoms with Crippen molar-refractivity contribution in [2.75, 3.05) is 0 Å². The minimum Gasteiger partial charge on any atom is -0.399 e. The van der Waals surface area contributed by atoms with Gasteiger partial charge in [-0.3, -0.25) is 0 Å². The summed E-state index contributed by atoms with van der Waals surface area (Å²) in [7, 11) is -0.405. The molecule has 0 bridgehead atoms. The Kier molecular flexibility index (Phi) is 5.33.